The summed E-state index contributed by atoms with van der Waals surface area (Å²) in [6, 6.07) is 7.77. The molecule has 0 radical (unpaired) electrons. The summed E-state index contributed by atoms with van der Waals surface area (Å²) in [7, 11) is 3.25. The van der Waals surface area contributed by atoms with Crippen molar-refractivity contribution in [2.45, 2.75) is 36.8 Å². The van der Waals surface area contributed by atoms with Crippen LogP contribution in [-0.2, 0) is 9.47 Å². The molecule has 0 aliphatic carbocycles. The van der Waals surface area contributed by atoms with Crippen molar-refractivity contribution in [1.82, 2.24) is 5.01 Å². The van der Waals surface area contributed by atoms with Crippen molar-refractivity contribution in [3.05, 3.63) is 64.3 Å². The fourth-order valence-electron chi connectivity index (χ4n) is 4.94. The van der Waals surface area contributed by atoms with Crippen molar-refractivity contribution in [3.8, 4) is 0 Å². The van der Waals surface area contributed by atoms with E-state index in [1.807, 2.05) is 18.2 Å². The normalized spacial score (nSPS) is 23.4. The van der Waals surface area contributed by atoms with Gasteiger partial charge in [-0.3, -0.25) is 9.80 Å². The highest BCUT2D eigenvalue weighted by atomic mass is 32.1. The Kier molecular flexibility index (Phi) is 10.9. The molecule has 5 unspecified atom stereocenters. The summed E-state index contributed by atoms with van der Waals surface area (Å²) < 4.78 is 52.1. The smallest absolute Gasteiger partial charge is 0.194 e. The first-order valence-corrected chi connectivity index (χ1v) is 14.0. The number of aldehydes is 1. The second-order valence-electron chi connectivity index (χ2n) is 9.84. The summed E-state index contributed by atoms with van der Waals surface area (Å²) >= 11 is 1.35. The molecule has 3 aromatic rings. The number of hydrogen-bond acceptors (Lipinski definition) is 11. The molecule has 0 bridgehead atoms. The lowest BCUT2D eigenvalue weighted by Crippen LogP contribution is -2.57. The molecule has 11 nitrogen and oxygen atoms in total. The summed E-state index contributed by atoms with van der Waals surface area (Å²) in [5.74, 6) is -4.21. The minimum absolute atomic E-state index is 0.0801. The van der Waals surface area contributed by atoms with Crippen molar-refractivity contribution in [1.29, 1.82) is 0 Å². The number of methoxy groups -OCH3 is 1. The molecule has 15 heteroatoms. The predicted octanol–water partition coefficient (Wildman–Crippen LogP) is 4.15. The predicted molar refractivity (Wildman–Crippen MR) is 156 cm³/mol. The van der Waals surface area contributed by atoms with Crippen LogP contribution in [0.5, 0.6) is 0 Å². The highest BCUT2D eigenvalue weighted by Gasteiger charge is 2.43. The van der Waals surface area contributed by atoms with E-state index in [4.69, 9.17) is 4.74 Å². The molecule has 1 saturated heterocycles. The van der Waals surface area contributed by atoms with E-state index < -0.39 is 54.5 Å². The lowest BCUT2D eigenvalue weighted by atomic mass is 9.94. The van der Waals surface area contributed by atoms with Gasteiger partial charge < -0.3 is 24.6 Å². The Hall–Kier alpha value is -3.76. The molecular weight excluding hydrogens is 589 g/mol. The van der Waals surface area contributed by atoms with Crippen molar-refractivity contribution in [2.75, 3.05) is 38.8 Å². The number of fused-ring (bicyclic) bond motifs is 1. The van der Waals surface area contributed by atoms with Crippen LogP contribution in [0.25, 0.3) is 10.1 Å². The van der Waals surface area contributed by atoms with Crippen LogP contribution < -0.4 is 4.90 Å². The Labute approximate surface area is 249 Å². The third kappa shape index (κ3) is 7.43. The molecule has 3 heterocycles. The van der Waals surface area contributed by atoms with E-state index in [9.17, 15) is 28.2 Å². The van der Waals surface area contributed by atoms with Crippen LogP contribution in [0, 0.1) is 17.5 Å². The Bertz CT molecular complexity index is 1470. The van der Waals surface area contributed by atoms with Gasteiger partial charge in [0.25, 0.3) is 0 Å². The maximum atomic E-state index is 13.8. The molecular formula is C28H31F3N6O5S. The van der Waals surface area contributed by atoms with Gasteiger partial charge in [0.2, 0.25) is 0 Å². The SMILES string of the molecule is C=N/N=C\N(CC1CC(N2CC(c3cc(F)c(F)c(F)c3)N=N2)C(O)C(CO)O1)c1ccc2cc(C=O)sc2c1.COC. The molecule has 43 heavy (non-hydrogen) atoms. The highest BCUT2D eigenvalue weighted by Crippen LogP contribution is 2.34. The van der Waals surface area contributed by atoms with Gasteiger partial charge in [-0.1, -0.05) is 11.3 Å². The standard InChI is InChI=1S/C26H25F3N6O4S.C2H6O/c1-30-31-13-34(16-3-2-14-4-18(11-36)40-24(14)7-16)9-17-8-22(26(38)23(12-37)39-17)35-10-21(32-33-35)15-5-19(27)25(29)20(28)6-15;1-3-2/h2-7,11,13,17,21-23,26,37-38H,1,8-10,12H2;1-2H3/b31-13-;. The third-order valence-electron chi connectivity index (χ3n) is 6.91. The van der Waals surface area contributed by atoms with Crippen LogP contribution >= 0.6 is 11.3 Å². The van der Waals surface area contributed by atoms with Crippen molar-refractivity contribution in [2.24, 2.45) is 20.5 Å². The van der Waals surface area contributed by atoms with Gasteiger partial charge in [0.1, 0.15) is 24.6 Å². The number of benzene rings is 2. The molecule has 230 valence electrons. The summed E-state index contributed by atoms with van der Waals surface area (Å²) in [5, 5.41) is 38.9. The molecule has 2 N–H and O–H groups in total. The average Bonchev–Trinajstić information content (AvgIpc) is 3.66. The van der Waals surface area contributed by atoms with E-state index in [-0.39, 0.29) is 25.1 Å². The number of carbonyl (C=O) groups excluding carboxylic acids is 1. The number of anilines is 1. The van der Waals surface area contributed by atoms with E-state index in [2.05, 4.69) is 32.0 Å². The maximum Gasteiger partial charge on any atom is 0.194 e. The molecule has 2 aromatic carbocycles. The number of halogens is 3. The number of carbonyl (C=O) groups is 1. The Morgan fingerprint density at radius 2 is 1.95 bits per heavy atom. The second-order valence-corrected chi connectivity index (χ2v) is 11.0. The van der Waals surface area contributed by atoms with Crippen LogP contribution in [-0.4, -0.2) is 92.8 Å². The Morgan fingerprint density at radius 1 is 1.23 bits per heavy atom. The van der Waals surface area contributed by atoms with E-state index in [0.29, 0.717) is 4.88 Å². The summed E-state index contributed by atoms with van der Waals surface area (Å²) in [6.07, 6.45) is -0.0701. The zero-order valence-corrected chi connectivity index (χ0v) is 24.2. The van der Waals surface area contributed by atoms with Gasteiger partial charge in [-0.2, -0.15) is 10.2 Å². The van der Waals surface area contributed by atoms with Crippen LogP contribution in [0.15, 0.2) is 56.9 Å². The zero-order chi connectivity index (χ0) is 31.1. The molecule has 2 aliphatic rings. The number of nitrogens with zero attached hydrogens (tertiary/aromatic N) is 6. The van der Waals surface area contributed by atoms with Crippen molar-refractivity contribution < 1.29 is 37.7 Å². The third-order valence-corrected chi connectivity index (χ3v) is 7.93. The lowest BCUT2D eigenvalue weighted by molar-refractivity contribution is -0.162. The zero-order valence-electron chi connectivity index (χ0n) is 23.4. The van der Waals surface area contributed by atoms with Crippen LogP contribution in [0.4, 0.5) is 18.9 Å². The minimum Gasteiger partial charge on any atom is -0.394 e. The first-order valence-electron chi connectivity index (χ1n) is 13.1. The number of ether oxygens (including phenoxy) is 2. The summed E-state index contributed by atoms with van der Waals surface area (Å²) in [4.78, 5) is 13.6. The van der Waals surface area contributed by atoms with Gasteiger partial charge in [0.05, 0.1) is 36.7 Å². The van der Waals surface area contributed by atoms with Gasteiger partial charge in [0.15, 0.2) is 23.7 Å². The molecule has 2 aliphatic heterocycles. The van der Waals surface area contributed by atoms with Crippen LogP contribution in [0.2, 0.25) is 0 Å². The molecule has 1 fully saturated rings. The van der Waals surface area contributed by atoms with Crippen molar-refractivity contribution >= 4 is 46.5 Å². The average molecular weight is 621 g/mol. The Balaban J connectivity index is 0.00000135. The molecule has 5 atom stereocenters. The molecule has 5 rings (SSSR count). The lowest BCUT2D eigenvalue weighted by Gasteiger charge is -2.42. The largest absolute Gasteiger partial charge is 0.394 e. The molecule has 0 amide bonds. The number of thiophene rings is 1. The van der Waals surface area contributed by atoms with Gasteiger partial charge in [-0.15, -0.1) is 16.4 Å². The summed E-state index contributed by atoms with van der Waals surface area (Å²) in [6.45, 7) is 3.24. The highest BCUT2D eigenvalue weighted by molar-refractivity contribution is 7.20. The molecule has 1 aromatic heterocycles. The van der Waals surface area contributed by atoms with Gasteiger partial charge >= 0.3 is 0 Å². The minimum atomic E-state index is -1.56. The first kappa shape index (κ1) is 32.2. The first-order chi connectivity index (χ1) is 20.7. The molecule has 0 spiro atoms. The van der Waals surface area contributed by atoms with Gasteiger partial charge in [0, 0.05) is 37.7 Å². The summed E-state index contributed by atoms with van der Waals surface area (Å²) in [5.41, 5.74) is 0.854. The second kappa shape index (κ2) is 14.6. The van der Waals surface area contributed by atoms with Crippen LogP contribution in [0.1, 0.15) is 27.7 Å². The monoisotopic (exact) mass is 620 g/mol. The number of aliphatic hydroxyl groups excluding tert-OH is 2. The van der Waals surface area contributed by atoms with Crippen LogP contribution in [0.3, 0.4) is 0 Å². The van der Waals surface area contributed by atoms with E-state index in [0.717, 1.165) is 34.2 Å². The topological polar surface area (TPSA) is 132 Å². The number of rotatable bonds is 9. The number of hydrogen-bond donors (Lipinski definition) is 2. The van der Waals surface area contributed by atoms with E-state index in [1.54, 1.807) is 25.2 Å². The van der Waals surface area contributed by atoms with E-state index >= 15 is 0 Å². The quantitative estimate of drug-likeness (QED) is 0.121. The van der Waals surface area contributed by atoms with Crippen molar-refractivity contribution in [3.63, 3.8) is 0 Å². The maximum absolute atomic E-state index is 13.8. The fourth-order valence-corrected chi connectivity index (χ4v) is 5.85. The fraction of sp³-hybridized carbons (Fsp3) is 0.393. The van der Waals surface area contributed by atoms with E-state index in [1.165, 1.54) is 22.7 Å². The van der Waals surface area contributed by atoms with Gasteiger partial charge in [-0.05, 0) is 41.3 Å². The molecule has 0 saturated carbocycles. The Morgan fingerprint density at radius 3 is 2.60 bits per heavy atom. The number of aliphatic hydroxyl groups is 2. The van der Waals surface area contributed by atoms with Gasteiger partial charge in [-0.25, -0.2) is 13.2 Å².